The van der Waals surface area contributed by atoms with Crippen molar-refractivity contribution in [1.82, 2.24) is 4.31 Å². The fourth-order valence-electron chi connectivity index (χ4n) is 2.29. The van der Waals surface area contributed by atoms with E-state index in [-0.39, 0.29) is 5.60 Å². The maximum Gasteiger partial charge on any atom is 0.244 e. The summed E-state index contributed by atoms with van der Waals surface area (Å²) in [7, 11) is -0.373. The number of sulfonamides is 1. The average molecular weight is 298 g/mol. The van der Waals surface area contributed by atoms with Crippen LogP contribution < -0.4 is 5.32 Å². The molecule has 1 unspecified atom stereocenters. The van der Waals surface area contributed by atoms with Crippen LogP contribution in [0.5, 0.6) is 0 Å². The molecule has 1 aliphatic rings. The number of hydrogen-bond acceptors (Lipinski definition) is 4. The van der Waals surface area contributed by atoms with Crippen LogP contribution in [0.3, 0.4) is 0 Å². The van der Waals surface area contributed by atoms with Crippen LogP contribution in [0.1, 0.15) is 19.8 Å². The molecule has 1 atom stereocenters. The Kier molecular flexibility index (Phi) is 4.36. The Morgan fingerprint density at radius 3 is 2.65 bits per heavy atom. The lowest BCUT2D eigenvalue weighted by atomic mass is 10.0. The van der Waals surface area contributed by atoms with E-state index in [1.54, 1.807) is 18.2 Å². The summed E-state index contributed by atoms with van der Waals surface area (Å²) < 4.78 is 31.5. The monoisotopic (exact) mass is 298 g/mol. The topological polar surface area (TPSA) is 58.6 Å². The van der Waals surface area contributed by atoms with Gasteiger partial charge in [0.15, 0.2) is 0 Å². The summed E-state index contributed by atoms with van der Waals surface area (Å²) in [5.41, 5.74) is 0.410. The van der Waals surface area contributed by atoms with Gasteiger partial charge in [0.05, 0.1) is 11.3 Å². The lowest BCUT2D eigenvalue weighted by Gasteiger charge is -2.25. The van der Waals surface area contributed by atoms with E-state index in [9.17, 15) is 8.42 Å². The Morgan fingerprint density at radius 1 is 1.35 bits per heavy atom. The Hall–Kier alpha value is -1.11. The van der Waals surface area contributed by atoms with Crippen LogP contribution in [0.2, 0.25) is 0 Å². The molecule has 1 aromatic carbocycles. The van der Waals surface area contributed by atoms with E-state index in [1.807, 2.05) is 6.07 Å². The van der Waals surface area contributed by atoms with Gasteiger partial charge in [-0.15, -0.1) is 0 Å². The van der Waals surface area contributed by atoms with Gasteiger partial charge in [-0.3, -0.25) is 0 Å². The van der Waals surface area contributed by atoms with Crippen LogP contribution in [-0.4, -0.2) is 45.6 Å². The normalized spacial score (nSPS) is 23.2. The number of anilines is 1. The van der Waals surface area contributed by atoms with E-state index < -0.39 is 10.0 Å². The molecule has 20 heavy (non-hydrogen) atoms. The fourth-order valence-corrected chi connectivity index (χ4v) is 3.35. The molecule has 6 heteroatoms. The van der Waals surface area contributed by atoms with Crippen molar-refractivity contribution < 1.29 is 13.2 Å². The van der Waals surface area contributed by atoms with Gasteiger partial charge < -0.3 is 10.1 Å². The summed E-state index contributed by atoms with van der Waals surface area (Å²) in [6, 6.07) is 6.97. The molecule has 1 N–H and O–H groups in total. The van der Waals surface area contributed by atoms with E-state index in [4.69, 9.17) is 4.74 Å². The molecule has 1 aromatic rings. The molecular formula is C14H22N2O3S. The second-order valence-corrected chi connectivity index (χ2v) is 7.66. The van der Waals surface area contributed by atoms with Gasteiger partial charge in [0, 0.05) is 27.2 Å². The molecule has 2 rings (SSSR count). The molecule has 0 radical (unpaired) electrons. The summed E-state index contributed by atoms with van der Waals surface area (Å²) >= 11 is 0. The zero-order chi connectivity index (χ0) is 14.8. The number of hydrogen-bond donors (Lipinski definition) is 1. The minimum atomic E-state index is -3.44. The van der Waals surface area contributed by atoms with Crippen LogP contribution in [0, 0.1) is 0 Å². The third-order valence-corrected chi connectivity index (χ3v) is 5.47. The molecule has 1 heterocycles. The summed E-state index contributed by atoms with van der Waals surface area (Å²) in [5.74, 6) is 0. The lowest BCUT2D eigenvalue weighted by Crippen LogP contribution is -2.33. The number of nitrogens with one attached hydrogen (secondary N) is 1. The lowest BCUT2D eigenvalue weighted by molar-refractivity contribution is 0.0315. The maximum absolute atomic E-state index is 12.3. The SMILES string of the molecule is CN(C)S(=O)(=O)c1ccccc1NCC1(C)CCCO1. The first-order valence-corrected chi connectivity index (χ1v) is 8.19. The van der Waals surface area contributed by atoms with Crippen molar-refractivity contribution in [3.63, 3.8) is 0 Å². The fraction of sp³-hybridized carbons (Fsp3) is 0.571. The molecule has 0 amide bonds. The van der Waals surface area contributed by atoms with Crippen molar-refractivity contribution in [2.24, 2.45) is 0 Å². The summed E-state index contributed by atoms with van der Waals surface area (Å²) in [6.45, 7) is 3.43. The van der Waals surface area contributed by atoms with Crippen molar-refractivity contribution in [3.8, 4) is 0 Å². The summed E-state index contributed by atoms with van der Waals surface area (Å²) in [6.07, 6.45) is 2.04. The zero-order valence-electron chi connectivity index (χ0n) is 12.2. The van der Waals surface area contributed by atoms with E-state index in [0.29, 0.717) is 17.1 Å². The van der Waals surface area contributed by atoms with Crippen molar-refractivity contribution >= 4 is 15.7 Å². The Morgan fingerprint density at radius 2 is 2.05 bits per heavy atom. The number of para-hydroxylation sites is 1. The number of benzene rings is 1. The Bertz CT molecular complexity index is 564. The van der Waals surface area contributed by atoms with Gasteiger partial charge in [-0.05, 0) is 31.9 Å². The van der Waals surface area contributed by atoms with Crippen molar-refractivity contribution in [3.05, 3.63) is 24.3 Å². The molecule has 5 nitrogen and oxygen atoms in total. The molecule has 1 fully saturated rings. The molecule has 1 saturated heterocycles. The quantitative estimate of drug-likeness (QED) is 0.902. The first-order valence-electron chi connectivity index (χ1n) is 6.75. The summed E-state index contributed by atoms with van der Waals surface area (Å²) in [4.78, 5) is 0.298. The molecule has 0 aliphatic carbocycles. The predicted molar refractivity (Wildman–Crippen MR) is 79.4 cm³/mol. The Balaban J connectivity index is 2.21. The van der Waals surface area contributed by atoms with Crippen molar-refractivity contribution in [2.45, 2.75) is 30.3 Å². The minimum absolute atomic E-state index is 0.213. The van der Waals surface area contributed by atoms with Crippen molar-refractivity contribution in [2.75, 3.05) is 32.6 Å². The van der Waals surface area contributed by atoms with Crippen LogP contribution in [-0.2, 0) is 14.8 Å². The second-order valence-electron chi connectivity index (χ2n) is 5.54. The van der Waals surface area contributed by atoms with Crippen molar-refractivity contribution in [1.29, 1.82) is 0 Å². The molecule has 0 spiro atoms. The largest absolute Gasteiger partial charge is 0.381 e. The zero-order valence-corrected chi connectivity index (χ0v) is 13.0. The molecule has 0 saturated carbocycles. The van der Waals surface area contributed by atoms with Gasteiger partial charge >= 0.3 is 0 Å². The highest BCUT2D eigenvalue weighted by Crippen LogP contribution is 2.28. The molecule has 112 valence electrons. The summed E-state index contributed by atoms with van der Waals surface area (Å²) in [5, 5.41) is 3.23. The molecule has 0 bridgehead atoms. The highest BCUT2D eigenvalue weighted by Gasteiger charge is 2.30. The third kappa shape index (κ3) is 3.13. The van der Waals surface area contributed by atoms with E-state index >= 15 is 0 Å². The van der Waals surface area contributed by atoms with Gasteiger partial charge in [-0.25, -0.2) is 12.7 Å². The Labute approximate surface area is 121 Å². The molecular weight excluding hydrogens is 276 g/mol. The number of rotatable bonds is 5. The van der Waals surface area contributed by atoms with E-state index in [2.05, 4.69) is 12.2 Å². The predicted octanol–water partition coefficient (Wildman–Crippen LogP) is 1.92. The second kappa shape index (κ2) is 5.71. The van der Waals surface area contributed by atoms with Gasteiger partial charge in [0.25, 0.3) is 0 Å². The van der Waals surface area contributed by atoms with Crippen LogP contribution in [0.4, 0.5) is 5.69 Å². The van der Waals surface area contributed by atoms with Crippen LogP contribution in [0.15, 0.2) is 29.2 Å². The van der Waals surface area contributed by atoms with E-state index in [0.717, 1.165) is 19.4 Å². The third-order valence-electron chi connectivity index (χ3n) is 3.60. The van der Waals surface area contributed by atoms with Gasteiger partial charge in [0.2, 0.25) is 10.0 Å². The van der Waals surface area contributed by atoms with Crippen LogP contribution >= 0.6 is 0 Å². The highest BCUT2D eigenvalue weighted by molar-refractivity contribution is 7.89. The first-order chi connectivity index (χ1) is 9.35. The van der Waals surface area contributed by atoms with Gasteiger partial charge in [-0.1, -0.05) is 12.1 Å². The number of ether oxygens (including phenoxy) is 1. The van der Waals surface area contributed by atoms with Gasteiger partial charge in [0.1, 0.15) is 4.90 Å². The first kappa shape index (κ1) is 15.3. The smallest absolute Gasteiger partial charge is 0.244 e. The molecule has 0 aromatic heterocycles. The minimum Gasteiger partial charge on any atom is -0.381 e. The standard InChI is InChI=1S/C14H22N2O3S/c1-14(9-6-10-19-14)11-15-12-7-4-5-8-13(12)20(17,18)16(2)3/h4-5,7-8,15H,6,9-11H2,1-3H3. The van der Waals surface area contributed by atoms with E-state index in [1.165, 1.54) is 18.4 Å². The highest BCUT2D eigenvalue weighted by atomic mass is 32.2. The van der Waals surface area contributed by atoms with Gasteiger partial charge in [-0.2, -0.15) is 0 Å². The maximum atomic E-state index is 12.3. The average Bonchev–Trinajstić information content (AvgIpc) is 2.84. The number of nitrogens with zero attached hydrogens (tertiary/aromatic N) is 1. The molecule has 1 aliphatic heterocycles. The van der Waals surface area contributed by atoms with Crippen LogP contribution in [0.25, 0.3) is 0 Å².